The molecule has 0 saturated heterocycles. The van der Waals surface area contributed by atoms with E-state index in [1.807, 2.05) is 0 Å². The Balaban J connectivity index is 2.15. The van der Waals surface area contributed by atoms with Crippen LogP contribution in [-0.2, 0) is 6.42 Å². The molecule has 0 saturated carbocycles. The standard InChI is InChI=1S/C17H27N/c1-4-5-6-7-14-8-9-17-16(12-14)15(13(2)3)10-11-18-17/h8-9,12-13,15,18H,4-7,10-11H2,1-3H3. The maximum absolute atomic E-state index is 3.54. The highest BCUT2D eigenvalue weighted by Crippen LogP contribution is 2.37. The molecule has 0 amide bonds. The van der Waals surface area contributed by atoms with Crippen molar-refractivity contribution >= 4 is 5.69 Å². The molecule has 2 rings (SSSR count). The van der Waals surface area contributed by atoms with E-state index >= 15 is 0 Å². The second-order valence-electron chi connectivity index (χ2n) is 5.94. The summed E-state index contributed by atoms with van der Waals surface area (Å²) in [4.78, 5) is 0. The molecule has 1 atom stereocenters. The van der Waals surface area contributed by atoms with Crippen LogP contribution in [0.1, 0.15) is 63.5 Å². The van der Waals surface area contributed by atoms with Gasteiger partial charge in [-0.3, -0.25) is 0 Å². The van der Waals surface area contributed by atoms with Gasteiger partial charge in [-0.25, -0.2) is 0 Å². The van der Waals surface area contributed by atoms with Crippen molar-refractivity contribution in [1.29, 1.82) is 0 Å². The fourth-order valence-corrected chi connectivity index (χ4v) is 3.02. The van der Waals surface area contributed by atoms with Gasteiger partial charge in [0.15, 0.2) is 0 Å². The minimum absolute atomic E-state index is 0.743. The molecule has 1 aliphatic heterocycles. The van der Waals surface area contributed by atoms with Crippen molar-refractivity contribution in [2.45, 2.75) is 58.8 Å². The summed E-state index contributed by atoms with van der Waals surface area (Å²) in [6, 6.07) is 7.07. The lowest BCUT2D eigenvalue weighted by molar-refractivity contribution is 0.469. The zero-order valence-electron chi connectivity index (χ0n) is 12.1. The van der Waals surface area contributed by atoms with Crippen molar-refractivity contribution < 1.29 is 0 Å². The first kappa shape index (κ1) is 13.5. The summed E-state index contributed by atoms with van der Waals surface area (Å²) < 4.78 is 0. The molecule has 18 heavy (non-hydrogen) atoms. The lowest BCUT2D eigenvalue weighted by Crippen LogP contribution is -2.20. The van der Waals surface area contributed by atoms with E-state index in [2.05, 4.69) is 44.3 Å². The van der Waals surface area contributed by atoms with Gasteiger partial charge in [-0.1, -0.05) is 45.7 Å². The molecule has 1 aromatic rings. The van der Waals surface area contributed by atoms with Gasteiger partial charge in [0, 0.05) is 12.2 Å². The highest BCUT2D eigenvalue weighted by atomic mass is 14.9. The summed E-state index contributed by atoms with van der Waals surface area (Å²) in [6.45, 7) is 8.10. The zero-order valence-corrected chi connectivity index (χ0v) is 12.1. The van der Waals surface area contributed by atoms with Gasteiger partial charge in [-0.05, 0) is 48.3 Å². The molecule has 1 unspecified atom stereocenters. The van der Waals surface area contributed by atoms with Gasteiger partial charge in [0.2, 0.25) is 0 Å². The number of rotatable bonds is 5. The Kier molecular flexibility index (Phi) is 4.68. The van der Waals surface area contributed by atoms with Crippen LogP contribution in [0.15, 0.2) is 18.2 Å². The predicted octanol–water partition coefficient (Wildman–Crippen LogP) is 4.97. The topological polar surface area (TPSA) is 12.0 Å². The van der Waals surface area contributed by atoms with Crippen LogP contribution in [0.3, 0.4) is 0 Å². The van der Waals surface area contributed by atoms with Crippen LogP contribution in [0.2, 0.25) is 0 Å². The van der Waals surface area contributed by atoms with Crippen LogP contribution in [0.5, 0.6) is 0 Å². The summed E-state index contributed by atoms with van der Waals surface area (Å²) in [7, 11) is 0. The Morgan fingerprint density at radius 2 is 2.11 bits per heavy atom. The van der Waals surface area contributed by atoms with E-state index in [0.717, 1.165) is 18.4 Å². The molecule has 1 aromatic carbocycles. The molecule has 0 bridgehead atoms. The quantitative estimate of drug-likeness (QED) is 0.722. The summed E-state index contributed by atoms with van der Waals surface area (Å²) in [5, 5.41) is 3.54. The van der Waals surface area contributed by atoms with Gasteiger partial charge >= 0.3 is 0 Å². The van der Waals surface area contributed by atoms with Gasteiger partial charge in [-0.15, -0.1) is 0 Å². The van der Waals surface area contributed by atoms with E-state index in [9.17, 15) is 0 Å². The van der Waals surface area contributed by atoms with Gasteiger partial charge in [0.05, 0.1) is 0 Å². The van der Waals surface area contributed by atoms with Crippen molar-refractivity contribution in [3.8, 4) is 0 Å². The summed E-state index contributed by atoms with van der Waals surface area (Å²) in [5.74, 6) is 1.49. The van der Waals surface area contributed by atoms with Gasteiger partial charge in [0.25, 0.3) is 0 Å². The third-order valence-electron chi connectivity index (χ3n) is 4.16. The Hall–Kier alpha value is -0.980. The van der Waals surface area contributed by atoms with Crippen molar-refractivity contribution in [3.05, 3.63) is 29.3 Å². The van der Waals surface area contributed by atoms with Crippen molar-refractivity contribution in [2.75, 3.05) is 11.9 Å². The first-order valence-electron chi connectivity index (χ1n) is 7.59. The number of unbranched alkanes of at least 4 members (excludes halogenated alkanes) is 2. The third-order valence-corrected chi connectivity index (χ3v) is 4.16. The van der Waals surface area contributed by atoms with Gasteiger partial charge in [0.1, 0.15) is 0 Å². The number of anilines is 1. The molecule has 1 nitrogen and oxygen atoms in total. The van der Waals surface area contributed by atoms with Crippen molar-refractivity contribution in [1.82, 2.24) is 0 Å². The van der Waals surface area contributed by atoms with Crippen LogP contribution in [0.25, 0.3) is 0 Å². The first-order chi connectivity index (χ1) is 8.72. The second kappa shape index (κ2) is 6.26. The Bertz CT molecular complexity index is 381. The highest BCUT2D eigenvalue weighted by Gasteiger charge is 2.22. The van der Waals surface area contributed by atoms with Crippen molar-refractivity contribution in [3.63, 3.8) is 0 Å². The van der Waals surface area contributed by atoms with Gasteiger partial charge < -0.3 is 5.32 Å². The molecular formula is C17H27N. The molecule has 0 aromatic heterocycles. The van der Waals surface area contributed by atoms with E-state index in [1.54, 1.807) is 5.56 Å². The molecule has 1 aliphatic rings. The number of hydrogen-bond acceptors (Lipinski definition) is 1. The lowest BCUT2D eigenvalue weighted by atomic mass is 9.82. The van der Waals surface area contributed by atoms with Crippen LogP contribution in [-0.4, -0.2) is 6.54 Å². The normalized spacial score (nSPS) is 18.6. The second-order valence-corrected chi connectivity index (χ2v) is 5.94. The molecule has 0 radical (unpaired) electrons. The van der Waals surface area contributed by atoms with Crippen LogP contribution < -0.4 is 5.32 Å². The van der Waals surface area contributed by atoms with Crippen LogP contribution in [0.4, 0.5) is 5.69 Å². The van der Waals surface area contributed by atoms with Crippen molar-refractivity contribution in [2.24, 2.45) is 5.92 Å². The van der Waals surface area contributed by atoms with E-state index in [0.29, 0.717) is 0 Å². The Labute approximate surface area is 112 Å². The first-order valence-corrected chi connectivity index (χ1v) is 7.59. The monoisotopic (exact) mass is 245 g/mol. The lowest BCUT2D eigenvalue weighted by Gasteiger charge is -2.30. The number of nitrogens with one attached hydrogen (secondary N) is 1. The molecule has 1 heterocycles. The average Bonchev–Trinajstić information content (AvgIpc) is 2.38. The summed E-state index contributed by atoms with van der Waals surface area (Å²) in [5.41, 5.74) is 4.46. The van der Waals surface area contributed by atoms with E-state index in [-0.39, 0.29) is 0 Å². The molecule has 0 aliphatic carbocycles. The SMILES string of the molecule is CCCCCc1ccc2c(c1)C(C(C)C)CCN2. The number of benzene rings is 1. The van der Waals surface area contributed by atoms with E-state index in [1.165, 1.54) is 43.4 Å². The third kappa shape index (κ3) is 3.07. The largest absolute Gasteiger partial charge is 0.385 e. The highest BCUT2D eigenvalue weighted by molar-refractivity contribution is 5.56. The number of aryl methyl sites for hydroxylation is 1. The minimum atomic E-state index is 0.743. The number of fused-ring (bicyclic) bond motifs is 1. The Morgan fingerprint density at radius 1 is 1.28 bits per heavy atom. The molecule has 100 valence electrons. The Morgan fingerprint density at radius 3 is 2.83 bits per heavy atom. The summed E-state index contributed by atoms with van der Waals surface area (Å²) >= 11 is 0. The fourth-order valence-electron chi connectivity index (χ4n) is 3.02. The van der Waals surface area contributed by atoms with E-state index in [4.69, 9.17) is 0 Å². The maximum Gasteiger partial charge on any atom is 0.0375 e. The molecule has 0 spiro atoms. The average molecular weight is 245 g/mol. The predicted molar refractivity (Wildman–Crippen MR) is 80.4 cm³/mol. The molecule has 1 heteroatoms. The number of hydrogen-bond donors (Lipinski definition) is 1. The zero-order chi connectivity index (χ0) is 13.0. The van der Waals surface area contributed by atoms with E-state index < -0.39 is 0 Å². The maximum atomic E-state index is 3.54. The fraction of sp³-hybridized carbons (Fsp3) is 0.647. The van der Waals surface area contributed by atoms with Crippen LogP contribution in [0, 0.1) is 5.92 Å². The molecule has 0 fully saturated rings. The molecular weight excluding hydrogens is 218 g/mol. The smallest absolute Gasteiger partial charge is 0.0375 e. The minimum Gasteiger partial charge on any atom is -0.385 e. The summed E-state index contributed by atoms with van der Waals surface area (Å²) in [6.07, 6.45) is 6.51. The molecule has 1 N–H and O–H groups in total. The van der Waals surface area contributed by atoms with Gasteiger partial charge in [-0.2, -0.15) is 0 Å². The van der Waals surface area contributed by atoms with Crippen LogP contribution >= 0.6 is 0 Å².